The highest BCUT2D eigenvalue weighted by atomic mass is 79.9. The lowest BCUT2D eigenvalue weighted by Gasteiger charge is -2.27. The second kappa shape index (κ2) is 5.29. The van der Waals surface area contributed by atoms with E-state index in [1.165, 1.54) is 5.39 Å². The maximum atomic E-state index is 11.9. The molecular formula is C23H15BrO. The Labute approximate surface area is 154 Å². The summed E-state index contributed by atoms with van der Waals surface area (Å²) in [6.07, 6.45) is 0. The molecule has 1 N–H and O–H groups in total. The van der Waals surface area contributed by atoms with E-state index in [4.69, 9.17) is 0 Å². The second-order valence-electron chi connectivity index (χ2n) is 6.51. The van der Waals surface area contributed by atoms with Gasteiger partial charge in [0.2, 0.25) is 0 Å². The van der Waals surface area contributed by atoms with Gasteiger partial charge in [0.25, 0.3) is 0 Å². The van der Waals surface area contributed by atoms with Crippen molar-refractivity contribution >= 4 is 26.7 Å². The summed E-state index contributed by atoms with van der Waals surface area (Å²) in [5.41, 5.74) is 3.82. The highest BCUT2D eigenvalue weighted by molar-refractivity contribution is 9.10. The highest BCUT2D eigenvalue weighted by Crippen LogP contribution is 2.51. The molecule has 4 aromatic carbocycles. The topological polar surface area (TPSA) is 20.2 Å². The molecule has 1 aliphatic rings. The SMILES string of the molecule is OC1(c2ccc3ccccc3c2)c2ccccc2-c2ccc(Br)cc21. The molecule has 1 nitrogen and oxygen atoms in total. The monoisotopic (exact) mass is 386 g/mol. The fourth-order valence-electron chi connectivity index (χ4n) is 3.95. The summed E-state index contributed by atoms with van der Waals surface area (Å²) in [5.74, 6) is 0. The van der Waals surface area contributed by atoms with Gasteiger partial charge < -0.3 is 5.11 Å². The molecule has 120 valence electrons. The fraction of sp³-hybridized carbons (Fsp3) is 0.0435. The Kier molecular flexibility index (Phi) is 3.15. The Morgan fingerprint density at radius 2 is 1.36 bits per heavy atom. The van der Waals surface area contributed by atoms with Crippen molar-refractivity contribution < 1.29 is 5.11 Å². The number of halogens is 1. The van der Waals surface area contributed by atoms with Crippen LogP contribution in [0.4, 0.5) is 0 Å². The van der Waals surface area contributed by atoms with Crippen molar-refractivity contribution in [3.05, 3.63) is 106 Å². The van der Waals surface area contributed by atoms with E-state index >= 15 is 0 Å². The van der Waals surface area contributed by atoms with Gasteiger partial charge in [-0.3, -0.25) is 0 Å². The van der Waals surface area contributed by atoms with Crippen molar-refractivity contribution in [2.75, 3.05) is 0 Å². The van der Waals surface area contributed by atoms with Crippen molar-refractivity contribution in [2.24, 2.45) is 0 Å². The van der Waals surface area contributed by atoms with Gasteiger partial charge in [-0.1, -0.05) is 82.7 Å². The van der Waals surface area contributed by atoms with E-state index in [9.17, 15) is 5.11 Å². The first-order valence-corrected chi connectivity index (χ1v) is 9.09. The molecule has 0 aliphatic heterocycles. The van der Waals surface area contributed by atoms with Gasteiger partial charge in [0, 0.05) is 15.6 Å². The van der Waals surface area contributed by atoms with Gasteiger partial charge in [-0.15, -0.1) is 0 Å². The van der Waals surface area contributed by atoms with E-state index in [1.807, 2.05) is 48.5 Å². The maximum absolute atomic E-state index is 11.9. The molecule has 0 radical (unpaired) electrons. The van der Waals surface area contributed by atoms with Gasteiger partial charge in [-0.05, 0) is 45.7 Å². The summed E-state index contributed by atoms with van der Waals surface area (Å²) in [7, 11) is 0. The molecule has 0 aromatic heterocycles. The molecule has 0 saturated carbocycles. The third-order valence-electron chi connectivity index (χ3n) is 5.15. The number of rotatable bonds is 1. The van der Waals surface area contributed by atoms with Crippen LogP contribution < -0.4 is 0 Å². The highest BCUT2D eigenvalue weighted by Gasteiger charge is 2.43. The summed E-state index contributed by atoms with van der Waals surface area (Å²) in [6, 6.07) is 28.7. The molecule has 0 heterocycles. The van der Waals surface area contributed by atoms with E-state index in [0.29, 0.717) is 0 Å². The Balaban J connectivity index is 1.85. The van der Waals surface area contributed by atoms with Gasteiger partial charge in [0.05, 0.1) is 0 Å². The number of aliphatic hydroxyl groups is 1. The summed E-state index contributed by atoms with van der Waals surface area (Å²) < 4.78 is 0.971. The van der Waals surface area contributed by atoms with Crippen LogP contribution in [-0.4, -0.2) is 5.11 Å². The van der Waals surface area contributed by atoms with Crippen molar-refractivity contribution in [2.45, 2.75) is 5.60 Å². The molecule has 2 heteroatoms. The Morgan fingerprint density at radius 1 is 0.640 bits per heavy atom. The van der Waals surface area contributed by atoms with Crippen LogP contribution in [0.3, 0.4) is 0 Å². The Morgan fingerprint density at radius 3 is 2.24 bits per heavy atom. The minimum Gasteiger partial charge on any atom is -0.376 e. The van der Waals surface area contributed by atoms with E-state index in [0.717, 1.165) is 37.7 Å². The zero-order valence-corrected chi connectivity index (χ0v) is 15.0. The van der Waals surface area contributed by atoms with Crippen LogP contribution in [0, 0.1) is 0 Å². The van der Waals surface area contributed by atoms with Crippen molar-refractivity contribution in [1.29, 1.82) is 0 Å². The number of fused-ring (bicyclic) bond motifs is 4. The van der Waals surface area contributed by atoms with Crippen molar-refractivity contribution in [3.8, 4) is 11.1 Å². The maximum Gasteiger partial charge on any atom is 0.141 e. The molecule has 25 heavy (non-hydrogen) atoms. The normalized spacial score (nSPS) is 18.2. The summed E-state index contributed by atoms with van der Waals surface area (Å²) in [5, 5.41) is 14.2. The van der Waals surface area contributed by atoms with E-state index < -0.39 is 5.60 Å². The van der Waals surface area contributed by atoms with Crippen LogP contribution in [0.5, 0.6) is 0 Å². The van der Waals surface area contributed by atoms with Gasteiger partial charge in [-0.25, -0.2) is 0 Å². The third kappa shape index (κ3) is 2.05. The van der Waals surface area contributed by atoms with Crippen LogP contribution in [0.1, 0.15) is 16.7 Å². The molecule has 0 fully saturated rings. The third-order valence-corrected chi connectivity index (χ3v) is 5.64. The van der Waals surface area contributed by atoms with Crippen molar-refractivity contribution in [1.82, 2.24) is 0 Å². The largest absolute Gasteiger partial charge is 0.376 e. The second-order valence-corrected chi connectivity index (χ2v) is 7.42. The van der Waals surface area contributed by atoms with E-state index in [-0.39, 0.29) is 0 Å². The fourth-order valence-corrected chi connectivity index (χ4v) is 4.32. The van der Waals surface area contributed by atoms with Gasteiger partial charge >= 0.3 is 0 Å². The molecule has 0 amide bonds. The quantitative estimate of drug-likeness (QED) is 0.433. The molecular weight excluding hydrogens is 372 g/mol. The molecule has 0 saturated heterocycles. The minimum atomic E-state index is -1.14. The summed E-state index contributed by atoms with van der Waals surface area (Å²) in [4.78, 5) is 0. The summed E-state index contributed by atoms with van der Waals surface area (Å²) in [6.45, 7) is 0. The lowest BCUT2D eigenvalue weighted by Crippen LogP contribution is -2.26. The van der Waals surface area contributed by atoms with Gasteiger partial charge in [-0.2, -0.15) is 0 Å². The summed E-state index contributed by atoms with van der Waals surface area (Å²) >= 11 is 3.56. The smallest absolute Gasteiger partial charge is 0.141 e. The molecule has 4 aromatic rings. The Bertz CT molecular complexity index is 1130. The number of hydrogen-bond acceptors (Lipinski definition) is 1. The standard InChI is InChI=1S/C23H15BrO/c24-18-11-12-20-19-7-3-4-8-21(19)23(25,22(20)14-18)17-10-9-15-5-1-2-6-16(15)13-17/h1-14,25H. The molecule has 1 atom stereocenters. The zero-order valence-electron chi connectivity index (χ0n) is 13.4. The van der Waals surface area contributed by atoms with Crippen molar-refractivity contribution in [3.63, 3.8) is 0 Å². The molecule has 5 rings (SSSR count). The van der Waals surface area contributed by atoms with Gasteiger partial charge in [0.15, 0.2) is 0 Å². The zero-order chi connectivity index (χ0) is 17.0. The lowest BCUT2D eigenvalue weighted by atomic mass is 9.83. The van der Waals surface area contributed by atoms with E-state index in [1.54, 1.807) is 0 Å². The average molecular weight is 387 g/mol. The van der Waals surface area contributed by atoms with Crippen LogP contribution >= 0.6 is 15.9 Å². The molecule has 0 bridgehead atoms. The minimum absolute atomic E-state index is 0.899. The first-order valence-electron chi connectivity index (χ1n) is 8.29. The first kappa shape index (κ1) is 14.9. The number of benzene rings is 4. The van der Waals surface area contributed by atoms with E-state index in [2.05, 4.69) is 52.3 Å². The predicted octanol–water partition coefficient (Wildman–Crippen LogP) is 5.87. The Hall–Kier alpha value is -2.42. The van der Waals surface area contributed by atoms with Crippen LogP contribution in [-0.2, 0) is 5.60 Å². The average Bonchev–Trinajstić information content (AvgIpc) is 2.91. The van der Waals surface area contributed by atoms with Gasteiger partial charge in [0.1, 0.15) is 5.60 Å². The number of hydrogen-bond donors (Lipinski definition) is 1. The lowest BCUT2D eigenvalue weighted by molar-refractivity contribution is 0.131. The van der Waals surface area contributed by atoms with Crippen LogP contribution in [0.2, 0.25) is 0 Å². The molecule has 0 spiro atoms. The molecule has 1 unspecified atom stereocenters. The molecule has 1 aliphatic carbocycles. The van der Waals surface area contributed by atoms with Crippen LogP contribution in [0.25, 0.3) is 21.9 Å². The predicted molar refractivity (Wildman–Crippen MR) is 106 cm³/mol. The first-order chi connectivity index (χ1) is 12.2. The van der Waals surface area contributed by atoms with Crippen LogP contribution in [0.15, 0.2) is 89.4 Å².